The summed E-state index contributed by atoms with van der Waals surface area (Å²) in [5, 5.41) is 13.6. The number of hydrogen-bond donors (Lipinski definition) is 2. The first-order chi connectivity index (χ1) is 10.1. The molecule has 21 heavy (non-hydrogen) atoms. The molecule has 0 bridgehead atoms. The highest BCUT2D eigenvalue weighted by Crippen LogP contribution is 2.20. The highest BCUT2D eigenvalue weighted by atomic mass is 16.5. The molecule has 0 aromatic heterocycles. The third kappa shape index (κ3) is 4.31. The zero-order valence-electron chi connectivity index (χ0n) is 12.8. The molecule has 3 nitrogen and oxygen atoms in total. The zero-order valence-corrected chi connectivity index (χ0v) is 12.8. The van der Waals surface area contributed by atoms with Crippen LogP contribution >= 0.6 is 0 Å². The van der Waals surface area contributed by atoms with Crippen molar-refractivity contribution >= 4 is 0 Å². The monoisotopic (exact) mass is 285 g/mol. The molecule has 0 aliphatic heterocycles. The molecular formula is C18H23NO2. The van der Waals surface area contributed by atoms with E-state index < -0.39 is 6.10 Å². The Bertz CT molecular complexity index is 566. The van der Waals surface area contributed by atoms with Gasteiger partial charge in [0.15, 0.2) is 0 Å². The molecule has 0 aliphatic carbocycles. The van der Waals surface area contributed by atoms with E-state index in [4.69, 9.17) is 4.74 Å². The standard InChI is InChI=1S/C18H23NO2/c1-13-7-9-15(10-8-13)18(20)12-19-14(2)16-5-4-6-17(11-16)21-3/h4-11,14,18-20H,12H2,1-3H3/t14-,18-/m1/s1. The van der Waals surface area contributed by atoms with Crippen molar-refractivity contribution in [2.24, 2.45) is 0 Å². The van der Waals surface area contributed by atoms with Crippen molar-refractivity contribution in [2.75, 3.05) is 13.7 Å². The van der Waals surface area contributed by atoms with Gasteiger partial charge >= 0.3 is 0 Å². The summed E-state index contributed by atoms with van der Waals surface area (Å²) in [5.74, 6) is 0.847. The molecule has 0 unspecified atom stereocenters. The Morgan fingerprint density at radius 1 is 1.10 bits per heavy atom. The van der Waals surface area contributed by atoms with Gasteiger partial charge in [0.25, 0.3) is 0 Å². The van der Waals surface area contributed by atoms with Crippen LogP contribution in [-0.4, -0.2) is 18.8 Å². The number of aryl methyl sites for hydroxylation is 1. The van der Waals surface area contributed by atoms with Crippen molar-refractivity contribution in [3.8, 4) is 5.75 Å². The lowest BCUT2D eigenvalue weighted by Crippen LogP contribution is -2.24. The largest absolute Gasteiger partial charge is 0.497 e. The first kappa shape index (κ1) is 15.5. The molecule has 3 heteroatoms. The minimum absolute atomic E-state index is 0.153. The van der Waals surface area contributed by atoms with Crippen molar-refractivity contribution in [3.05, 3.63) is 65.2 Å². The van der Waals surface area contributed by atoms with E-state index in [-0.39, 0.29) is 6.04 Å². The number of aliphatic hydroxyl groups is 1. The van der Waals surface area contributed by atoms with E-state index in [0.717, 1.165) is 16.9 Å². The fraction of sp³-hybridized carbons (Fsp3) is 0.333. The molecule has 0 fully saturated rings. The average Bonchev–Trinajstić information content (AvgIpc) is 2.53. The van der Waals surface area contributed by atoms with E-state index in [9.17, 15) is 5.11 Å². The van der Waals surface area contributed by atoms with E-state index in [1.54, 1.807) is 7.11 Å². The van der Waals surface area contributed by atoms with Crippen molar-refractivity contribution < 1.29 is 9.84 Å². The first-order valence-corrected chi connectivity index (χ1v) is 7.22. The lowest BCUT2D eigenvalue weighted by molar-refractivity contribution is 0.171. The van der Waals surface area contributed by atoms with Crippen LogP contribution in [0.4, 0.5) is 0 Å². The molecule has 0 amide bonds. The molecule has 2 rings (SSSR count). The number of nitrogens with one attached hydrogen (secondary N) is 1. The smallest absolute Gasteiger partial charge is 0.119 e. The van der Waals surface area contributed by atoms with Gasteiger partial charge in [0.1, 0.15) is 5.75 Å². The summed E-state index contributed by atoms with van der Waals surface area (Å²) in [5.41, 5.74) is 3.28. The maximum absolute atomic E-state index is 10.2. The molecular weight excluding hydrogens is 262 g/mol. The maximum atomic E-state index is 10.2. The predicted molar refractivity (Wildman–Crippen MR) is 85.6 cm³/mol. The van der Waals surface area contributed by atoms with Gasteiger partial charge in [0.05, 0.1) is 13.2 Å². The first-order valence-electron chi connectivity index (χ1n) is 7.22. The molecule has 2 aromatic carbocycles. The maximum Gasteiger partial charge on any atom is 0.119 e. The van der Waals surface area contributed by atoms with Crippen LogP contribution in [0.3, 0.4) is 0 Å². The predicted octanol–water partition coefficient (Wildman–Crippen LogP) is 3.39. The molecule has 0 radical (unpaired) electrons. The van der Waals surface area contributed by atoms with E-state index in [1.807, 2.05) is 49.4 Å². The number of rotatable bonds is 6. The van der Waals surface area contributed by atoms with Gasteiger partial charge in [0.2, 0.25) is 0 Å². The minimum atomic E-state index is -0.501. The summed E-state index contributed by atoms with van der Waals surface area (Å²) in [6.07, 6.45) is -0.501. The lowest BCUT2D eigenvalue weighted by Gasteiger charge is -2.18. The SMILES string of the molecule is COc1cccc([C@@H](C)NC[C@@H](O)c2ccc(C)cc2)c1. The zero-order chi connectivity index (χ0) is 15.2. The normalized spacial score (nSPS) is 13.7. The summed E-state index contributed by atoms with van der Waals surface area (Å²) < 4.78 is 5.23. The molecule has 2 N–H and O–H groups in total. The highest BCUT2D eigenvalue weighted by Gasteiger charge is 2.11. The quantitative estimate of drug-likeness (QED) is 0.855. The van der Waals surface area contributed by atoms with Gasteiger partial charge in [-0.1, -0.05) is 42.0 Å². The van der Waals surface area contributed by atoms with E-state index in [1.165, 1.54) is 5.56 Å². The Morgan fingerprint density at radius 2 is 1.81 bits per heavy atom. The number of ether oxygens (including phenoxy) is 1. The fourth-order valence-corrected chi connectivity index (χ4v) is 2.22. The van der Waals surface area contributed by atoms with Crippen molar-refractivity contribution in [1.82, 2.24) is 5.32 Å². The lowest BCUT2D eigenvalue weighted by atomic mass is 10.1. The Kier molecular flexibility index (Phi) is 5.37. The summed E-state index contributed by atoms with van der Waals surface area (Å²) in [7, 11) is 1.67. The number of hydrogen-bond acceptors (Lipinski definition) is 3. The second-order valence-corrected chi connectivity index (χ2v) is 5.33. The van der Waals surface area contributed by atoms with Crippen molar-refractivity contribution in [3.63, 3.8) is 0 Å². The molecule has 0 spiro atoms. The van der Waals surface area contributed by atoms with Gasteiger partial charge in [-0.2, -0.15) is 0 Å². The van der Waals surface area contributed by atoms with Crippen LogP contribution in [0.15, 0.2) is 48.5 Å². The van der Waals surface area contributed by atoms with E-state index >= 15 is 0 Å². The number of benzene rings is 2. The van der Waals surface area contributed by atoms with Gasteiger partial charge in [-0.3, -0.25) is 0 Å². The van der Waals surface area contributed by atoms with Gasteiger partial charge in [0, 0.05) is 12.6 Å². The second kappa shape index (κ2) is 7.25. The van der Waals surface area contributed by atoms with Crippen molar-refractivity contribution in [2.45, 2.75) is 26.0 Å². The minimum Gasteiger partial charge on any atom is -0.497 e. The molecule has 112 valence electrons. The fourth-order valence-electron chi connectivity index (χ4n) is 2.22. The van der Waals surface area contributed by atoms with Gasteiger partial charge < -0.3 is 15.2 Å². The molecule has 2 atom stereocenters. The second-order valence-electron chi connectivity index (χ2n) is 5.33. The summed E-state index contributed by atoms with van der Waals surface area (Å²) >= 11 is 0. The van der Waals surface area contributed by atoms with Crippen LogP contribution in [0, 0.1) is 6.92 Å². The Morgan fingerprint density at radius 3 is 2.48 bits per heavy atom. The number of methoxy groups -OCH3 is 1. The van der Waals surface area contributed by atoms with E-state index in [2.05, 4.69) is 18.3 Å². The third-order valence-electron chi connectivity index (χ3n) is 3.67. The molecule has 0 aliphatic rings. The van der Waals surface area contributed by atoms with Gasteiger partial charge in [-0.25, -0.2) is 0 Å². The van der Waals surface area contributed by atoms with E-state index in [0.29, 0.717) is 6.54 Å². The van der Waals surface area contributed by atoms with Crippen LogP contribution in [-0.2, 0) is 0 Å². The van der Waals surface area contributed by atoms with Crippen LogP contribution in [0.2, 0.25) is 0 Å². The average molecular weight is 285 g/mol. The molecule has 2 aromatic rings. The Balaban J connectivity index is 1.93. The Labute approximate surface area is 126 Å². The highest BCUT2D eigenvalue weighted by molar-refractivity contribution is 5.30. The topological polar surface area (TPSA) is 41.5 Å². The van der Waals surface area contributed by atoms with Gasteiger partial charge in [-0.05, 0) is 37.1 Å². The number of aliphatic hydroxyl groups excluding tert-OH is 1. The summed E-state index contributed by atoms with van der Waals surface area (Å²) in [6.45, 7) is 4.64. The van der Waals surface area contributed by atoms with Crippen LogP contribution < -0.4 is 10.1 Å². The van der Waals surface area contributed by atoms with Crippen LogP contribution in [0.25, 0.3) is 0 Å². The van der Waals surface area contributed by atoms with Crippen molar-refractivity contribution in [1.29, 1.82) is 0 Å². The molecule has 0 saturated heterocycles. The summed E-state index contributed by atoms with van der Waals surface area (Å²) in [6, 6.07) is 16.1. The summed E-state index contributed by atoms with van der Waals surface area (Å²) in [4.78, 5) is 0. The van der Waals surface area contributed by atoms with Crippen LogP contribution in [0.1, 0.15) is 35.8 Å². The van der Waals surface area contributed by atoms with Crippen LogP contribution in [0.5, 0.6) is 5.75 Å². The molecule has 0 heterocycles. The van der Waals surface area contributed by atoms with Gasteiger partial charge in [-0.15, -0.1) is 0 Å². The third-order valence-corrected chi connectivity index (χ3v) is 3.67. The molecule has 0 saturated carbocycles. The Hall–Kier alpha value is -1.84.